The van der Waals surface area contributed by atoms with Crippen molar-refractivity contribution in [2.45, 2.75) is 51.1 Å². The lowest BCUT2D eigenvalue weighted by Gasteiger charge is -2.48. The van der Waals surface area contributed by atoms with E-state index in [1.807, 2.05) is 0 Å². The molecule has 3 aromatic rings. The van der Waals surface area contributed by atoms with Crippen LogP contribution in [0.2, 0.25) is 0 Å². The number of fused-ring (bicyclic) bond motifs is 6. The lowest BCUT2D eigenvalue weighted by Crippen LogP contribution is -2.46. The summed E-state index contributed by atoms with van der Waals surface area (Å²) in [6.07, 6.45) is 5.37. The number of hydrogen-bond acceptors (Lipinski definition) is 5. The number of nitrogens with one attached hydrogen (secondary N) is 2. The topological polar surface area (TPSA) is 69.8 Å². The number of phenols is 1. The predicted molar refractivity (Wildman–Crippen MR) is 138 cm³/mol. The number of ether oxygens (including phenoxy) is 2. The van der Waals surface area contributed by atoms with Gasteiger partial charge in [-0.3, -0.25) is 4.90 Å². The fraction of sp³-hybridized carbons (Fsp3) is 0.517. The Balaban J connectivity index is 1.32. The lowest BCUT2D eigenvalue weighted by molar-refractivity contribution is 0.0428. The summed E-state index contributed by atoms with van der Waals surface area (Å²) >= 11 is 0. The van der Waals surface area contributed by atoms with Gasteiger partial charge in [-0.2, -0.15) is 0 Å². The predicted octanol–water partition coefficient (Wildman–Crippen LogP) is 5.11. The molecule has 0 spiro atoms. The average Bonchev–Trinajstić information content (AvgIpc) is 3.28. The van der Waals surface area contributed by atoms with Crippen LogP contribution in [0.4, 0.5) is 0 Å². The molecule has 1 aromatic heterocycles. The van der Waals surface area contributed by atoms with Crippen LogP contribution < -0.4 is 14.8 Å². The molecule has 0 amide bonds. The van der Waals surface area contributed by atoms with E-state index in [2.05, 4.69) is 52.5 Å². The zero-order chi connectivity index (χ0) is 24.1. The maximum Gasteiger partial charge on any atom is 0.203 e. The minimum absolute atomic E-state index is 0.257. The van der Waals surface area contributed by atoms with Gasteiger partial charge in [0, 0.05) is 47.3 Å². The molecule has 0 unspecified atom stereocenters. The second kappa shape index (κ2) is 9.07. The van der Waals surface area contributed by atoms with E-state index < -0.39 is 0 Å². The monoisotopic (exact) mass is 475 g/mol. The Morgan fingerprint density at radius 3 is 2.74 bits per heavy atom. The van der Waals surface area contributed by atoms with Gasteiger partial charge in [-0.15, -0.1) is 0 Å². The molecule has 0 aliphatic carbocycles. The molecule has 3 N–H and O–H groups in total. The summed E-state index contributed by atoms with van der Waals surface area (Å²) in [7, 11) is 3.24. The van der Waals surface area contributed by atoms with Gasteiger partial charge in [0.1, 0.15) is 0 Å². The molecule has 2 aromatic carbocycles. The number of benzene rings is 2. The molecule has 0 radical (unpaired) electrons. The minimum atomic E-state index is 0.257. The molecule has 6 rings (SSSR count). The van der Waals surface area contributed by atoms with Crippen molar-refractivity contribution in [3.8, 4) is 17.2 Å². The Hall–Kier alpha value is -2.70. The average molecular weight is 476 g/mol. The van der Waals surface area contributed by atoms with Crippen LogP contribution in [0.15, 0.2) is 30.3 Å². The number of rotatable bonds is 5. The Labute approximate surface area is 207 Å². The largest absolute Gasteiger partial charge is 0.504 e. The van der Waals surface area contributed by atoms with Crippen LogP contribution >= 0.6 is 0 Å². The summed E-state index contributed by atoms with van der Waals surface area (Å²) < 4.78 is 11.1. The Bertz CT molecular complexity index is 1240. The molecular weight excluding hydrogens is 438 g/mol. The summed E-state index contributed by atoms with van der Waals surface area (Å²) in [5.74, 6) is 2.62. The van der Waals surface area contributed by atoms with Crippen LogP contribution in [0.3, 0.4) is 0 Å². The third-order valence-electron chi connectivity index (χ3n) is 8.92. The molecule has 1 saturated heterocycles. The van der Waals surface area contributed by atoms with Crippen molar-refractivity contribution >= 4 is 10.9 Å². The molecule has 0 saturated carbocycles. The highest BCUT2D eigenvalue weighted by Gasteiger charge is 2.41. The van der Waals surface area contributed by atoms with E-state index in [0.717, 1.165) is 50.9 Å². The van der Waals surface area contributed by atoms with Gasteiger partial charge in [-0.1, -0.05) is 31.5 Å². The molecule has 35 heavy (non-hydrogen) atoms. The van der Waals surface area contributed by atoms with Crippen molar-refractivity contribution in [3.05, 3.63) is 52.7 Å². The Morgan fingerprint density at radius 2 is 1.94 bits per heavy atom. The van der Waals surface area contributed by atoms with Crippen LogP contribution in [0.5, 0.6) is 17.2 Å². The third-order valence-corrected chi connectivity index (χ3v) is 8.92. The van der Waals surface area contributed by atoms with Gasteiger partial charge in [0.25, 0.3) is 0 Å². The van der Waals surface area contributed by atoms with Gasteiger partial charge in [-0.05, 0) is 67.3 Å². The summed E-state index contributed by atoms with van der Waals surface area (Å²) in [5, 5.41) is 16.2. The number of para-hydroxylation sites is 1. The number of aromatic hydroxyl groups is 1. The van der Waals surface area contributed by atoms with E-state index in [9.17, 15) is 5.11 Å². The zero-order valence-corrected chi connectivity index (χ0v) is 21.1. The van der Waals surface area contributed by atoms with E-state index in [4.69, 9.17) is 9.47 Å². The molecule has 0 bridgehead atoms. The first-order valence-electron chi connectivity index (χ1n) is 13.2. The normalized spacial score (nSPS) is 26.1. The Kier molecular flexibility index (Phi) is 5.89. The molecule has 3 aliphatic heterocycles. The maximum atomic E-state index is 11.0. The number of phenolic OH excluding ortho intramolecular Hbond substituents is 1. The molecule has 186 valence electrons. The van der Waals surface area contributed by atoms with Crippen molar-refractivity contribution in [1.29, 1.82) is 0 Å². The van der Waals surface area contributed by atoms with E-state index >= 15 is 0 Å². The molecular formula is C29H37N3O3. The van der Waals surface area contributed by atoms with Crippen LogP contribution in [0, 0.1) is 11.8 Å². The standard InChI is InChI=1S/C29H37N3O3/c1-4-17-16-32-12-10-21-22(15-26(34-2)29(35-3)28(21)33)25(32)14-18(17)13-24-27-20(9-11-30-24)19-7-5-6-8-23(19)31-27/h5-8,15,17-18,24-25,30-31,33H,4,9-14,16H2,1-3H3/t17-,18-,24+,25-/m0/s1. The first-order valence-corrected chi connectivity index (χ1v) is 13.2. The van der Waals surface area contributed by atoms with Crippen LogP contribution in [-0.2, 0) is 12.8 Å². The van der Waals surface area contributed by atoms with Crippen molar-refractivity contribution in [2.75, 3.05) is 33.9 Å². The number of aromatic nitrogens is 1. The quantitative estimate of drug-likeness (QED) is 0.478. The number of methoxy groups -OCH3 is 2. The highest BCUT2D eigenvalue weighted by molar-refractivity contribution is 5.85. The minimum Gasteiger partial charge on any atom is -0.504 e. The summed E-state index contributed by atoms with van der Waals surface area (Å²) in [5.41, 5.74) is 6.40. The van der Waals surface area contributed by atoms with Crippen LogP contribution in [0.25, 0.3) is 10.9 Å². The van der Waals surface area contributed by atoms with Crippen LogP contribution in [-0.4, -0.2) is 48.8 Å². The summed E-state index contributed by atoms with van der Waals surface area (Å²) in [6.45, 7) is 5.48. The lowest BCUT2D eigenvalue weighted by atomic mass is 9.72. The molecule has 4 heterocycles. The first kappa shape index (κ1) is 22.7. The van der Waals surface area contributed by atoms with Gasteiger partial charge >= 0.3 is 0 Å². The van der Waals surface area contributed by atoms with E-state index in [0.29, 0.717) is 35.4 Å². The molecule has 6 heteroatoms. The van der Waals surface area contributed by atoms with Crippen molar-refractivity contribution in [3.63, 3.8) is 0 Å². The van der Waals surface area contributed by atoms with Crippen molar-refractivity contribution in [2.24, 2.45) is 11.8 Å². The number of H-pyrrole nitrogens is 1. The molecule has 3 aliphatic rings. The third kappa shape index (κ3) is 3.69. The summed E-state index contributed by atoms with van der Waals surface area (Å²) in [6, 6.07) is 11.5. The highest BCUT2D eigenvalue weighted by Crippen LogP contribution is 2.51. The smallest absolute Gasteiger partial charge is 0.203 e. The summed E-state index contributed by atoms with van der Waals surface area (Å²) in [4.78, 5) is 6.40. The number of nitrogens with zero attached hydrogens (tertiary/aromatic N) is 1. The maximum absolute atomic E-state index is 11.0. The second-order valence-corrected chi connectivity index (χ2v) is 10.5. The van der Waals surface area contributed by atoms with E-state index in [-0.39, 0.29) is 5.75 Å². The number of aromatic amines is 1. The van der Waals surface area contributed by atoms with Gasteiger partial charge < -0.3 is 24.9 Å². The number of hydrogen-bond donors (Lipinski definition) is 3. The van der Waals surface area contributed by atoms with Crippen molar-refractivity contribution in [1.82, 2.24) is 15.2 Å². The van der Waals surface area contributed by atoms with Gasteiger partial charge in [0.2, 0.25) is 5.75 Å². The van der Waals surface area contributed by atoms with E-state index in [1.165, 1.54) is 34.1 Å². The Morgan fingerprint density at radius 1 is 1.09 bits per heavy atom. The number of piperidine rings is 1. The first-order chi connectivity index (χ1) is 17.1. The van der Waals surface area contributed by atoms with E-state index in [1.54, 1.807) is 14.2 Å². The molecule has 4 atom stereocenters. The van der Waals surface area contributed by atoms with Crippen molar-refractivity contribution < 1.29 is 14.6 Å². The molecule has 6 nitrogen and oxygen atoms in total. The molecule has 1 fully saturated rings. The van der Waals surface area contributed by atoms with Gasteiger partial charge in [-0.25, -0.2) is 0 Å². The SMILES string of the molecule is CC[C@H]1CN2CCc3c(cc(OC)c(OC)c3O)[C@@H]2C[C@@H]1C[C@H]1NCCc2c1[nH]c1ccccc21. The van der Waals surface area contributed by atoms with Gasteiger partial charge in [0.15, 0.2) is 11.5 Å². The fourth-order valence-corrected chi connectivity index (χ4v) is 7.14. The zero-order valence-electron chi connectivity index (χ0n) is 21.1. The van der Waals surface area contributed by atoms with Gasteiger partial charge in [0.05, 0.1) is 14.2 Å². The second-order valence-electron chi connectivity index (χ2n) is 10.5. The highest BCUT2D eigenvalue weighted by atomic mass is 16.5. The van der Waals surface area contributed by atoms with Crippen LogP contribution in [0.1, 0.15) is 60.7 Å². The fourth-order valence-electron chi connectivity index (χ4n) is 7.14.